The van der Waals surface area contributed by atoms with Crippen LogP contribution in [0.4, 0.5) is 0 Å². The largest absolute Gasteiger partial charge is 0.462 e. The zero-order valence-electron chi connectivity index (χ0n) is 9.19. The average molecular weight is 287 g/mol. The molecule has 0 aliphatic rings. The second kappa shape index (κ2) is 7.41. The van der Waals surface area contributed by atoms with E-state index in [1.54, 1.807) is 0 Å². The standard InChI is InChI=1S/C12H15BrO3/c1-10(8-16-12(14)7-13)15-9-11-5-3-2-4-6-11/h2-6,10H,7-9H2,1H3. The van der Waals surface area contributed by atoms with Gasteiger partial charge in [0.2, 0.25) is 0 Å². The third-order valence-corrected chi connectivity index (χ3v) is 2.42. The topological polar surface area (TPSA) is 35.5 Å². The summed E-state index contributed by atoms with van der Waals surface area (Å²) in [4.78, 5) is 10.9. The molecular weight excluding hydrogens is 272 g/mol. The number of rotatable bonds is 6. The minimum atomic E-state index is -0.268. The molecule has 1 aromatic carbocycles. The van der Waals surface area contributed by atoms with Gasteiger partial charge in [0, 0.05) is 0 Å². The summed E-state index contributed by atoms with van der Waals surface area (Å²) in [6, 6.07) is 9.89. The van der Waals surface area contributed by atoms with Crippen LogP contribution in [0.5, 0.6) is 0 Å². The maximum absolute atomic E-state index is 10.9. The number of ether oxygens (including phenoxy) is 2. The summed E-state index contributed by atoms with van der Waals surface area (Å²) in [7, 11) is 0. The third kappa shape index (κ3) is 5.28. The van der Waals surface area contributed by atoms with Gasteiger partial charge in [0.15, 0.2) is 0 Å². The first-order valence-electron chi connectivity index (χ1n) is 5.09. The van der Waals surface area contributed by atoms with Crippen molar-refractivity contribution in [2.75, 3.05) is 11.9 Å². The molecule has 0 fully saturated rings. The van der Waals surface area contributed by atoms with E-state index in [9.17, 15) is 4.79 Å². The van der Waals surface area contributed by atoms with Crippen LogP contribution in [0.1, 0.15) is 12.5 Å². The van der Waals surface area contributed by atoms with Crippen molar-refractivity contribution in [2.45, 2.75) is 19.6 Å². The van der Waals surface area contributed by atoms with E-state index in [-0.39, 0.29) is 24.0 Å². The van der Waals surface area contributed by atoms with Crippen molar-refractivity contribution < 1.29 is 14.3 Å². The van der Waals surface area contributed by atoms with Gasteiger partial charge in [-0.15, -0.1) is 0 Å². The molecule has 0 spiro atoms. The van der Waals surface area contributed by atoms with Crippen LogP contribution in [-0.2, 0) is 20.9 Å². The van der Waals surface area contributed by atoms with Gasteiger partial charge >= 0.3 is 5.97 Å². The van der Waals surface area contributed by atoms with E-state index in [4.69, 9.17) is 9.47 Å². The molecule has 1 aromatic rings. The molecule has 0 amide bonds. The van der Waals surface area contributed by atoms with Crippen LogP contribution in [0.25, 0.3) is 0 Å². The molecule has 1 atom stereocenters. The second-order valence-corrected chi connectivity index (χ2v) is 3.98. The number of hydrogen-bond acceptors (Lipinski definition) is 3. The van der Waals surface area contributed by atoms with Crippen molar-refractivity contribution >= 4 is 21.9 Å². The third-order valence-electron chi connectivity index (χ3n) is 1.97. The maximum atomic E-state index is 10.9. The zero-order valence-corrected chi connectivity index (χ0v) is 10.8. The summed E-state index contributed by atoms with van der Waals surface area (Å²) in [5.41, 5.74) is 1.11. The molecule has 0 aliphatic heterocycles. The highest BCUT2D eigenvalue weighted by Crippen LogP contribution is 2.03. The number of benzene rings is 1. The molecule has 0 bridgehead atoms. The van der Waals surface area contributed by atoms with Gasteiger partial charge in [-0.3, -0.25) is 4.79 Å². The fourth-order valence-electron chi connectivity index (χ4n) is 1.11. The molecule has 1 rings (SSSR count). The van der Waals surface area contributed by atoms with Crippen molar-refractivity contribution in [3.05, 3.63) is 35.9 Å². The van der Waals surface area contributed by atoms with Crippen LogP contribution in [0.2, 0.25) is 0 Å². The van der Waals surface area contributed by atoms with Gasteiger partial charge in [-0.2, -0.15) is 0 Å². The Morgan fingerprint density at radius 2 is 2.06 bits per heavy atom. The molecule has 88 valence electrons. The van der Waals surface area contributed by atoms with Gasteiger partial charge in [0.1, 0.15) is 11.9 Å². The minimum absolute atomic E-state index is 0.0943. The van der Waals surface area contributed by atoms with Crippen LogP contribution in [0.15, 0.2) is 30.3 Å². The highest BCUT2D eigenvalue weighted by atomic mass is 79.9. The van der Waals surface area contributed by atoms with Gasteiger partial charge in [-0.1, -0.05) is 46.3 Å². The summed E-state index contributed by atoms with van der Waals surface area (Å²) in [5.74, 6) is -0.268. The lowest BCUT2D eigenvalue weighted by molar-refractivity contribution is -0.144. The van der Waals surface area contributed by atoms with Crippen LogP contribution in [0.3, 0.4) is 0 Å². The van der Waals surface area contributed by atoms with Crippen molar-refractivity contribution in [1.82, 2.24) is 0 Å². The normalized spacial score (nSPS) is 12.1. The summed E-state index contributed by atoms with van der Waals surface area (Å²) >= 11 is 3.03. The fraction of sp³-hybridized carbons (Fsp3) is 0.417. The van der Waals surface area contributed by atoms with E-state index in [0.717, 1.165) is 5.56 Å². The summed E-state index contributed by atoms with van der Waals surface area (Å²) < 4.78 is 10.5. The Labute approximate surface area is 104 Å². The van der Waals surface area contributed by atoms with E-state index < -0.39 is 0 Å². The number of hydrogen-bond donors (Lipinski definition) is 0. The van der Waals surface area contributed by atoms with Crippen LogP contribution >= 0.6 is 15.9 Å². The smallest absolute Gasteiger partial charge is 0.316 e. The first-order chi connectivity index (χ1) is 7.72. The fourth-order valence-corrected chi connectivity index (χ4v) is 1.27. The average Bonchev–Trinajstić information content (AvgIpc) is 2.34. The van der Waals surface area contributed by atoms with Gasteiger partial charge in [0.05, 0.1) is 12.7 Å². The Morgan fingerprint density at radius 3 is 2.69 bits per heavy atom. The summed E-state index contributed by atoms with van der Waals surface area (Å²) in [5, 5.41) is 0.221. The summed E-state index contributed by atoms with van der Waals surface area (Å²) in [6.45, 7) is 2.70. The Kier molecular flexibility index (Phi) is 6.11. The second-order valence-electron chi connectivity index (χ2n) is 3.42. The number of esters is 1. The molecule has 0 saturated carbocycles. The van der Waals surface area contributed by atoms with Crippen molar-refractivity contribution in [1.29, 1.82) is 0 Å². The molecular formula is C12H15BrO3. The molecule has 0 N–H and O–H groups in total. The molecule has 1 unspecified atom stereocenters. The van der Waals surface area contributed by atoms with E-state index in [1.807, 2.05) is 37.3 Å². The van der Waals surface area contributed by atoms with E-state index >= 15 is 0 Å². The van der Waals surface area contributed by atoms with Crippen LogP contribution < -0.4 is 0 Å². The van der Waals surface area contributed by atoms with Crippen molar-refractivity contribution in [2.24, 2.45) is 0 Å². The van der Waals surface area contributed by atoms with Crippen LogP contribution in [-0.4, -0.2) is 24.0 Å². The number of alkyl halides is 1. The molecule has 0 heterocycles. The lowest BCUT2D eigenvalue weighted by atomic mass is 10.2. The number of carbonyl (C=O) groups is 1. The number of carbonyl (C=O) groups excluding carboxylic acids is 1. The molecule has 4 heteroatoms. The predicted octanol–water partition coefficient (Wildman–Crippen LogP) is 2.53. The SMILES string of the molecule is CC(COC(=O)CBr)OCc1ccccc1. The Balaban J connectivity index is 2.20. The summed E-state index contributed by atoms with van der Waals surface area (Å²) in [6.07, 6.45) is -0.0943. The molecule has 3 nitrogen and oxygen atoms in total. The Hall–Kier alpha value is -0.870. The van der Waals surface area contributed by atoms with Gasteiger partial charge < -0.3 is 9.47 Å². The molecule has 0 radical (unpaired) electrons. The monoisotopic (exact) mass is 286 g/mol. The zero-order chi connectivity index (χ0) is 11.8. The molecule has 0 aromatic heterocycles. The van der Waals surface area contributed by atoms with Gasteiger partial charge in [0.25, 0.3) is 0 Å². The van der Waals surface area contributed by atoms with E-state index in [1.165, 1.54) is 0 Å². The minimum Gasteiger partial charge on any atom is -0.462 e. The quantitative estimate of drug-likeness (QED) is 0.596. The van der Waals surface area contributed by atoms with E-state index in [2.05, 4.69) is 15.9 Å². The van der Waals surface area contributed by atoms with Gasteiger partial charge in [-0.25, -0.2) is 0 Å². The van der Waals surface area contributed by atoms with Crippen LogP contribution in [0, 0.1) is 0 Å². The maximum Gasteiger partial charge on any atom is 0.316 e. The molecule has 0 aliphatic carbocycles. The molecule has 16 heavy (non-hydrogen) atoms. The van der Waals surface area contributed by atoms with Crippen molar-refractivity contribution in [3.63, 3.8) is 0 Å². The number of halogens is 1. The highest BCUT2D eigenvalue weighted by molar-refractivity contribution is 9.09. The first-order valence-corrected chi connectivity index (χ1v) is 6.21. The highest BCUT2D eigenvalue weighted by Gasteiger charge is 2.06. The van der Waals surface area contributed by atoms with Crippen molar-refractivity contribution in [3.8, 4) is 0 Å². The van der Waals surface area contributed by atoms with Gasteiger partial charge in [-0.05, 0) is 12.5 Å². The lowest BCUT2D eigenvalue weighted by Crippen LogP contribution is -2.19. The Bertz CT molecular complexity index is 313. The molecule has 0 saturated heterocycles. The first kappa shape index (κ1) is 13.2. The van der Waals surface area contributed by atoms with E-state index in [0.29, 0.717) is 6.61 Å². The predicted molar refractivity (Wildman–Crippen MR) is 65.4 cm³/mol. The lowest BCUT2D eigenvalue weighted by Gasteiger charge is -2.12. The Morgan fingerprint density at radius 1 is 1.38 bits per heavy atom.